The number of hydrogen-bond acceptors (Lipinski definition) is 4. The van der Waals surface area contributed by atoms with Gasteiger partial charge in [0.05, 0.1) is 0 Å². The van der Waals surface area contributed by atoms with Crippen molar-refractivity contribution in [2.24, 2.45) is 0 Å². The van der Waals surface area contributed by atoms with Crippen LogP contribution in [0.15, 0.2) is 12.2 Å². The number of hydrogen-bond donors (Lipinski definition) is 2. The van der Waals surface area contributed by atoms with Crippen LogP contribution in [-0.4, -0.2) is 64.4 Å². The summed E-state index contributed by atoms with van der Waals surface area (Å²) in [5, 5.41) is 17.9. The van der Waals surface area contributed by atoms with Gasteiger partial charge in [-0.3, -0.25) is 0 Å². The SMILES string of the molecule is C=C(C(=O)OC(CC(O)(C(F)(F)F)C(F)(F)F)CC(O)(C(F)(F)F)C(F)(F)F)C(F)(F)F. The van der Waals surface area contributed by atoms with Gasteiger partial charge in [-0.2, -0.15) is 65.9 Å². The Labute approximate surface area is 166 Å². The Kier molecular flexibility index (Phi) is 7.95. The Morgan fingerprint density at radius 3 is 1.09 bits per heavy atom. The van der Waals surface area contributed by atoms with Gasteiger partial charge in [-0.25, -0.2) is 4.79 Å². The number of carbonyl (C=O) groups excluding carboxylic acids is 1. The Morgan fingerprint density at radius 1 is 0.656 bits per heavy atom. The Morgan fingerprint density at radius 2 is 0.906 bits per heavy atom. The highest BCUT2D eigenvalue weighted by Crippen LogP contribution is 2.50. The molecule has 19 heteroatoms. The van der Waals surface area contributed by atoms with Gasteiger partial charge in [0.1, 0.15) is 11.7 Å². The zero-order valence-electron chi connectivity index (χ0n) is 14.6. The molecule has 0 rings (SSSR count). The maximum atomic E-state index is 12.7. The number of carbonyl (C=O) groups is 1. The second kappa shape index (κ2) is 8.45. The van der Waals surface area contributed by atoms with Gasteiger partial charge in [0, 0.05) is 12.8 Å². The first-order chi connectivity index (χ1) is 13.6. The molecule has 0 aliphatic rings. The summed E-state index contributed by atoms with van der Waals surface area (Å²) < 4.78 is 193. The topological polar surface area (TPSA) is 66.8 Å². The standard InChI is InChI=1S/C13H9F15O4/c1-4(9(14,15)16)6(29)32-5(2-7(30,10(17,18)19)11(20,21)22)3-8(31,12(23,24)25)13(26,27)28/h5,30-31H,1-3H2. The molecule has 0 fully saturated rings. The van der Waals surface area contributed by atoms with Crippen molar-refractivity contribution in [2.75, 3.05) is 0 Å². The van der Waals surface area contributed by atoms with Crippen LogP contribution in [0.1, 0.15) is 12.8 Å². The second-order valence-corrected chi connectivity index (χ2v) is 6.12. The highest BCUT2D eigenvalue weighted by Gasteiger charge is 2.74. The average molecular weight is 514 g/mol. The molecule has 0 spiro atoms. The van der Waals surface area contributed by atoms with Crippen molar-refractivity contribution in [3.63, 3.8) is 0 Å². The van der Waals surface area contributed by atoms with Crippen molar-refractivity contribution < 1.29 is 85.6 Å². The molecule has 190 valence electrons. The number of aliphatic hydroxyl groups is 2. The minimum absolute atomic E-state index is 1.95. The van der Waals surface area contributed by atoms with Crippen LogP contribution in [-0.2, 0) is 9.53 Å². The van der Waals surface area contributed by atoms with Crippen molar-refractivity contribution in [1.29, 1.82) is 0 Å². The van der Waals surface area contributed by atoms with Gasteiger partial charge in [0.15, 0.2) is 0 Å². The normalized spacial score (nSPS) is 15.2. The third kappa shape index (κ3) is 6.10. The summed E-state index contributed by atoms with van der Waals surface area (Å²) in [6.45, 7) is 1.95. The van der Waals surface area contributed by atoms with E-state index in [1.54, 1.807) is 0 Å². The van der Waals surface area contributed by atoms with Crippen molar-refractivity contribution in [3.05, 3.63) is 12.2 Å². The van der Waals surface area contributed by atoms with Crippen LogP contribution in [0.25, 0.3) is 0 Å². The molecule has 4 nitrogen and oxygen atoms in total. The summed E-state index contributed by atoms with van der Waals surface area (Å²) in [6.07, 6.45) is -44.2. The maximum absolute atomic E-state index is 12.7. The maximum Gasteiger partial charge on any atom is 0.426 e. The molecule has 0 atom stereocenters. The van der Waals surface area contributed by atoms with Gasteiger partial charge < -0.3 is 14.9 Å². The third-order valence-corrected chi connectivity index (χ3v) is 3.78. The van der Waals surface area contributed by atoms with E-state index >= 15 is 0 Å². The van der Waals surface area contributed by atoms with E-state index in [4.69, 9.17) is 10.2 Å². The van der Waals surface area contributed by atoms with E-state index in [0.717, 1.165) is 0 Å². The number of halogens is 15. The van der Waals surface area contributed by atoms with Crippen molar-refractivity contribution in [1.82, 2.24) is 0 Å². The molecule has 0 unspecified atom stereocenters. The van der Waals surface area contributed by atoms with E-state index in [0.29, 0.717) is 0 Å². The first-order valence-electron chi connectivity index (χ1n) is 7.30. The quantitative estimate of drug-likeness (QED) is 0.311. The van der Waals surface area contributed by atoms with Crippen LogP contribution in [0.5, 0.6) is 0 Å². The molecular formula is C13H9F15O4. The molecule has 0 aromatic heterocycles. The summed E-state index contributed by atoms with van der Waals surface area (Å²) in [7, 11) is 0. The number of esters is 1. The highest BCUT2D eigenvalue weighted by atomic mass is 19.4. The van der Waals surface area contributed by atoms with E-state index in [1.807, 2.05) is 6.58 Å². The summed E-state index contributed by atoms with van der Waals surface area (Å²) in [5.41, 5.74) is -15.1. The largest absolute Gasteiger partial charge is 0.459 e. The van der Waals surface area contributed by atoms with E-state index < -0.39 is 72.6 Å². The number of alkyl halides is 15. The minimum atomic E-state index is -6.88. The molecule has 0 aliphatic carbocycles. The molecule has 2 N–H and O–H groups in total. The van der Waals surface area contributed by atoms with Crippen LogP contribution in [0, 0.1) is 0 Å². The second-order valence-electron chi connectivity index (χ2n) is 6.12. The van der Waals surface area contributed by atoms with Gasteiger partial charge in [-0.15, -0.1) is 0 Å². The molecule has 0 bridgehead atoms. The summed E-state index contributed by atoms with van der Waals surface area (Å²) >= 11 is 0. The molecule has 0 aliphatic heterocycles. The van der Waals surface area contributed by atoms with Crippen LogP contribution in [0.4, 0.5) is 65.9 Å². The monoisotopic (exact) mass is 514 g/mol. The first-order valence-corrected chi connectivity index (χ1v) is 7.30. The Hall–Kier alpha value is -1.92. The predicted molar refractivity (Wildman–Crippen MR) is 68.4 cm³/mol. The lowest BCUT2D eigenvalue weighted by atomic mass is 9.86. The van der Waals surface area contributed by atoms with Gasteiger partial charge in [-0.05, 0) is 0 Å². The predicted octanol–water partition coefficient (Wildman–Crippen LogP) is 4.51. The molecule has 0 heterocycles. The zero-order valence-corrected chi connectivity index (χ0v) is 14.6. The fraction of sp³-hybridized carbons (Fsp3) is 0.769. The minimum Gasteiger partial charge on any atom is -0.459 e. The number of rotatable bonds is 6. The smallest absolute Gasteiger partial charge is 0.426 e. The average Bonchev–Trinajstić information content (AvgIpc) is 2.48. The van der Waals surface area contributed by atoms with Crippen LogP contribution >= 0.6 is 0 Å². The van der Waals surface area contributed by atoms with E-state index in [-0.39, 0.29) is 0 Å². The van der Waals surface area contributed by atoms with Gasteiger partial charge in [0.2, 0.25) is 0 Å². The molecule has 32 heavy (non-hydrogen) atoms. The molecule has 0 saturated carbocycles. The Balaban J connectivity index is 6.56. The Bertz CT molecular complexity index is 627. The molecule has 0 aromatic rings. The van der Waals surface area contributed by atoms with Crippen LogP contribution in [0.2, 0.25) is 0 Å². The third-order valence-electron chi connectivity index (χ3n) is 3.78. The van der Waals surface area contributed by atoms with Crippen LogP contribution in [0.3, 0.4) is 0 Å². The van der Waals surface area contributed by atoms with E-state index in [1.165, 1.54) is 0 Å². The lowest BCUT2D eigenvalue weighted by Gasteiger charge is -2.38. The zero-order chi connectivity index (χ0) is 26.4. The summed E-state index contributed by atoms with van der Waals surface area (Å²) in [6, 6.07) is 0. The molecule has 0 saturated heterocycles. The van der Waals surface area contributed by atoms with E-state index in [2.05, 4.69) is 4.74 Å². The van der Waals surface area contributed by atoms with Crippen molar-refractivity contribution in [2.45, 2.75) is 61.0 Å². The molecule has 0 radical (unpaired) electrons. The fourth-order valence-corrected chi connectivity index (χ4v) is 1.94. The van der Waals surface area contributed by atoms with E-state index in [9.17, 15) is 70.7 Å². The molecule has 0 amide bonds. The van der Waals surface area contributed by atoms with Crippen molar-refractivity contribution in [3.8, 4) is 0 Å². The summed E-state index contributed by atoms with van der Waals surface area (Å²) in [5.74, 6) is -3.07. The molecule has 0 aromatic carbocycles. The molecular weight excluding hydrogens is 505 g/mol. The van der Waals surface area contributed by atoms with Gasteiger partial charge in [-0.1, -0.05) is 6.58 Å². The number of ether oxygens (including phenoxy) is 1. The van der Waals surface area contributed by atoms with Crippen molar-refractivity contribution >= 4 is 5.97 Å². The summed E-state index contributed by atoms with van der Waals surface area (Å²) in [4.78, 5) is 11.2. The van der Waals surface area contributed by atoms with Crippen LogP contribution < -0.4 is 0 Å². The van der Waals surface area contributed by atoms with Gasteiger partial charge in [0.25, 0.3) is 11.2 Å². The fourth-order valence-electron chi connectivity index (χ4n) is 1.94. The van der Waals surface area contributed by atoms with Gasteiger partial charge >= 0.3 is 36.9 Å². The lowest BCUT2D eigenvalue weighted by molar-refractivity contribution is -0.386. The lowest BCUT2D eigenvalue weighted by Crippen LogP contribution is -2.62. The first kappa shape index (κ1) is 30.1. The highest BCUT2D eigenvalue weighted by molar-refractivity contribution is 5.89.